The number of nitrogens with zero attached hydrogens (tertiary/aromatic N) is 1. The Labute approximate surface area is 117 Å². The van der Waals surface area contributed by atoms with Gasteiger partial charge in [0.05, 0.1) is 0 Å². The van der Waals surface area contributed by atoms with E-state index in [1.165, 1.54) is 24.0 Å². The van der Waals surface area contributed by atoms with Crippen LogP contribution in [0.3, 0.4) is 0 Å². The topological polar surface area (TPSA) is 48.1 Å². The maximum Gasteiger partial charge on any atom is 0.219 e. The van der Waals surface area contributed by atoms with E-state index in [9.17, 15) is 0 Å². The molecule has 0 fully saturated rings. The van der Waals surface area contributed by atoms with Gasteiger partial charge < -0.3 is 10.5 Å². The van der Waals surface area contributed by atoms with Crippen LogP contribution in [0.2, 0.25) is 0 Å². The summed E-state index contributed by atoms with van der Waals surface area (Å²) in [5.74, 6) is 1.33. The summed E-state index contributed by atoms with van der Waals surface area (Å²) in [5, 5.41) is 0. The minimum absolute atomic E-state index is 0.348. The molecular weight excluding hydrogens is 256 g/mol. The average molecular weight is 270 g/mol. The average Bonchev–Trinajstić information content (AvgIpc) is 2.86. The predicted octanol–water partition coefficient (Wildman–Crippen LogP) is 3.00. The molecule has 0 aliphatic heterocycles. The van der Waals surface area contributed by atoms with Gasteiger partial charge in [0.2, 0.25) is 5.88 Å². The Morgan fingerprint density at radius 3 is 2.84 bits per heavy atom. The fraction of sp³-hybridized carbons (Fsp3) is 0.200. The van der Waals surface area contributed by atoms with Crippen LogP contribution < -0.4 is 10.5 Å². The predicted molar refractivity (Wildman–Crippen MR) is 78.7 cm³/mol. The van der Waals surface area contributed by atoms with Crippen LogP contribution in [0.15, 0.2) is 36.5 Å². The summed E-state index contributed by atoms with van der Waals surface area (Å²) >= 11 is 4.95. The van der Waals surface area contributed by atoms with Crippen molar-refractivity contribution in [3.05, 3.63) is 53.2 Å². The van der Waals surface area contributed by atoms with Gasteiger partial charge in [-0.15, -0.1) is 0 Å². The van der Waals surface area contributed by atoms with Crippen molar-refractivity contribution in [2.45, 2.75) is 19.3 Å². The van der Waals surface area contributed by atoms with Gasteiger partial charge in [-0.2, -0.15) is 0 Å². The van der Waals surface area contributed by atoms with Crippen molar-refractivity contribution in [3.63, 3.8) is 0 Å². The molecule has 3 nitrogen and oxygen atoms in total. The highest BCUT2D eigenvalue weighted by Gasteiger charge is 2.11. The highest BCUT2D eigenvalue weighted by molar-refractivity contribution is 7.80. The number of fused-ring (bicyclic) bond motifs is 1. The van der Waals surface area contributed by atoms with E-state index in [1.807, 2.05) is 6.07 Å². The Hall–Kier alpha value is -1.94. The van der Waals surface area contributed by atoms with Crippen LogP contribution in [-0.4, -0.2) is 9.97 Å². The molecule has 0 bridgehead atoms. The molecule has 1 aromatic carbocycles. The van der Waals surface area contributed by atoms with E-state index in [0.717, 1.165) is 17.7 Å². The summed E-state index contributed by atoms with van der Waals surface area (Å²) in [6.45, 7) is 0. The summed E-state index contributed by atoms with van der Waals surface area (Å²) in [5.41, 5.74) is 9.17. The van der Waals surface area contributed by atoms with Gasteiger partial charge in [0, 0.05) is 17.8 Å². The second-order valence-corrected chi connectivity index (χ2v) is 5.07. The number of pyridine rings is 1. The molecule has 0 radical (unpaired) electrons. The molecule has 2 N–H and O–H groups in total. The van der Waals surface area contributed by atoms with E-state index in [0.29, 0.717) is 10.9 Å². The van der Waals surface area contributed by atoms with E-state index in [1.54, 1.807) is 18.3 Å². The molecule has 0 spiro atoms. The van der Waals surface area contributed by atoms with Gasteiger partial charge in [0.25, 0.3) is 0 Å². The fourth-order valence-corrected chi connectivity index (χ4v) is 2.48. The lowest BCUT2D eigenvalue weighted by atomic mass is 10.1. The molecule has 1 aliphatic rings. The van der Waals surface area contributed by atoms with Gasteiger partial charge in [0.15, 0.2) is 0 Å². The third kappa shape index (κ3) is 2.58. The zero-order valence-corrected chi connectivity index (χ0v) is 11.2. The Morgan fingerprint density at radius 1 is 1.16 bits per heavy atom. The molecule has 19 heavy (non-hydrogen) atoms. The van der Waals surface area contributed by atoms with Crippen molar-refractivity contribution in [1.29, 1.82) is 0 Å². The number of benzene rings is 1. The number of hydrogen-bond acceptors (Lipinski definition) is 3. The lowest BCUT2D eigenvalue weighted by Gasteiger charge is -2.07. The molecule has 0 saturated carbocycles. The van der Waals surface area contributed by atoms with E-state index in [4.69, 9.17) is 22.7 Å². The van der Waals surface area contributed by atoms with E-state index >= 15 is 0 Å². The first-order chi connectivity index (χ1) is 9.22. The van der Waals surface area contributed by atoms with Crippen molar-refractivity contribution < 1.29 is 4.74 Å². The summed E-state index contributed by atoms with van der Waals surface area (Å²) in [7, 11) is 0. The second kappa shape index (κ2) is 4.97. The third-order valence-electron chi connectivity index (χ3n) is 3.31. The van der Waals surface area contributed by atoms with Gasteiger partial charge in [-0.3, -0.25) is 0 Å². The molecule has 96 valence electrons. The van der Waals surface area contributed by atoms with Crippen LogP contribution in [0.5, 0.6) is 11.6 Å². The van der Waals surface area contributed by atoms with Gasteiger partial charge >= 0.3 is 0 Å². The number of aryl methyl sites for hydroxylation is 2. The largest absolute Gasteiger partial charge is 0.439 e. The van der Waals surface area contributed by atoms with Crippen molar-refractivity contribution >= 4 is 17.2 Å². The van der Waals surface area contributed by atoms with Gasteiger partial charge in [0.1, 0.15) is 10.7 Å². The minimum Gasteiger partial charge on any atom is -0.439 e. The molecule has 1 aromatic heterocycles. The molecule has 0 unspecified atom stereocenters. The Kier molecular flexibility index (Phi) is 3.17. The van der Waals surface area contributed by atoms with Crippen molar-refractivity contribution in [2.24, 2.45) is 5.73 Å². The molecular formula is C15H14N2OS. The first-order valence-corrected chi connectivity index (χ1v) is 6.69. The maximum atomic E-state index is 5.77. The highest BCUT2D eigenvalue weighted by Crippen LogP contribution is 2.28. The SMILES string of the molecule is NC(=S)c1ccnc(Oc2ccc3c(c2)CCC3)c1. The van der Waals surface area contributed by atoms with Gasteiger partial charge in [-0.05, 0) is 48.6 Å². The van der Waals surface area contributed by atoms with Crippen LogP contribution >= 0.6 is 12.2 Å². The van der Waals surface area contributed by atoms with Crippen LogP contribution in [-0.2, 0) is 12.8 Å². The monoisotopic (exact) mass is 270 g/mol. The van der Waals surface area contributed by atoms with Gasteiger partial charge in [-0.1, -0.05) is 18.3 Å². The summed E-state index contributed by atoms with van der Waals surface area (Å²) in [6, 6.07) is 9.75. The molecule has 3 rings (SSSR count). The van der Waals surface area contributed by atoms with Crippen molar-refractivity contribution in [1.82, 2.24) is 4.98 Å². The van der Waals surface area contributed by atoms with Crippen LogP contribution in [0.1, 0.15) is 23.1 Å². The van der Waals surface area contributed by atoms with Gasteiger partial charge in [-0.25, -0.2) is 4.98 Å². The standard InChI is InChI=1S/C15H14N2OS/c16-15(19)12-6-7-17-14(9-12)18-13-5-4-10-2-1-3-11(10)8-13/h4-9H,1-3H2,(H2,16,19). The van der Waals surface area contributed by atoms with Crippen molar-refractivity contribution in [3.8, 4) is 11.6 Å². The lowest BCUT2D eigenvalue weighted by molar-refractivity contribution is 0.462. The first kappa shape index (κ1) is 12.1. The summed E-state index contributed by atoms with van der Waals surface area (Å²) in [4.78, 5) is 4.52. The smallest absolute Gasteiger partial charge is 0.219 e. The zero-order valence-electron chi connectivity index (χ0n) is 10.4. The van der Waals surface area contributed by atoms with Crippen LogP contribution in [0.25, 0.3) is 0 Å². The third-order valence-corrected chi connectivity index (χ3v) is 3.55. The number of ether oxygens (including phenoxy) is 1. The number of rotatable bonds is 3. The molecule has 0 atom stereocenters. The molecule has 0 amide bonds. The molecule has 1 aliphatic carbocycles. The van der Waals surface area contributed by atoms with E-state index < -0.39 is 0 Å². The Bertz CT molecular complexity index is 640. The first-order valence-electron chi connectivity index (χ1n) is 6.28. The highest BCUT2D eigenvalue weighted by atomic mass is 32.1. The number of hydrogen-bond donors (Lipinski definition) is 1. The van der Waals surface area contributed by atoms with Crippen LogP contribution in [0.4, 0.5) is 0 Å². The molecule has 0 saturated heterocycles. The number of aromatic nitrogens is 1. The second-order valence-electron chi connectivity index (χ2n) is 4.63. The molecule has 4 heteroatoms. The summed E-state index contributed by atoms with van der Waals surface area (Å²) < 4.78 is 5.77. The Balaban J connectivity index is 1.85. The summed E-state index contributed by atoms with van der Waals surface area (Å²) in [6.07, 6.45) is 5.18. The van der Waals surface area contributed by atoms with Crippen LogP contribution in [0, 0.1) is 0 Å². The molecule has 2 aromatic rings. The maximum absolute atomic E-state index is 5.77. The van der Waals surface area contributed by atoms with E-state index in [2.05, 4.69) is 17.1 Å². The molecule has 1 heterocycles. The fourth-order valence-electron chi connectivity index (χ4n) is 2.35. The quantitative estimate of drug-likeness (QED) is 0.871. The van der Waals surface area contributed by atoms with E-state index in [-0.39, 0.29) is 0 Å². The zero-order chi connectivity index (χ0) is 13.2. The number of thiocarbonyl (C=S) groups is 1. The van der Waals surface area contributed by atoms with Crippen molar-refractivity contribution in [2.75, 3.05) is 0 Å². The minimum atomic E-state index is 0.348. The number of nitrogens with two attached hydrogens (primary N) is 1. The normalized spacial score (nSPS) is 13.1. The Morgan fingerprint density at radius 2 is 2.00 bits per heavy atom. The lowest BCUT2D eigenvalue weighted by Crippen LogP contribution is -2.09.